The van der Waals surface area contributed by atoms with E-state index >= 15 is 0 Å². The van der Waals surface area contributed by atoms with Crippen LogP contribution < -0.4 is 25.0 Å². The summed E-state index contributed by atoms with van der Waals surface area (Å²) >= 11 is 11.9. The molecule has 5 amide bonds. The Hall–Kier alpha value is -4.94. The van der Waals surface area contributed by atoms with Crippen molar-refractivity contribution in [2.45, 2.75) is 6.92 Å². The average Bonchev–Trinajstić information content (AvgIpc) is 2.93. The molecule has 2 N–H and O–H groups in total. The van der Waals surface area contributed by atoms with Crippen LogP contribution in [0.5, 0.6) is 11.5 Å². The number of imide groups is 2. The fraction of sp³-hybridized carbons (Fsp3) is 0.111. The first kappa shape index (κ1) is 29.1. The van der Waals surface area contributed by atoms with Crippen LogP contribution in [-0.2, 0) is 14.4 Å². The molecular weight excluding hydrogens is 579 g/mol. The number of nitrogens with zero attached hydrogens (tertiary/aromatic N) is 2. The Morgan fingerprint density at radius 1 is 1.02 bits per heavy atom. The van der Waals surface area contributed by atoms with Gasteiger partial charge in [0, 0.05) is 17.8 Å². The van der Waals surface area contributed by atoms with Gasteiger partial charge in [-0.05, 0) is 55.0 Å². The topological polar surface area (TPSA) is 157 Å². The summed E-state index contributed by atoms with van der Waals surface area (Å²) in [5.74, 6) is -1.96. The zero-order chi connectivity index (χ0) is 29.7. The van der Waals surface area contributed by atoms with E-state index in [2.05, 4.69) is 10.6 Å². The van der Waals surface area contributed by atoms with Crippen molar-refractivity contribution >= 4 is 70.1 Å². The monoisotopic (exact) mass is 598 g/mol. The molecule has 4 rings (SSSR count). The molecule has 12 nitrogen and oxygen atoms in total. The number of barbiturate groups is 1. The van der Waals surface area contributed by atoms with E-state index in [1.165, 1.54) is 54.6 Å². The smallest absolute Gasteiger partial charge is 0.335 e. The molecule has 0 atom stereocenters. The van der Waals surface area contributed by atoms with Crippen LogP contribution in [0.4, 0.5) is 21.9 Å². The molecule has 3 aromatic rings. The normalized spacial score (nSPS) is 14.1. The maximum Gasteiger partial charge on any atom is 0.335 e. The SMILES string of the molecule is CCOc1cc(/C=C2/C(=O)NC(=O)N(c3cccc([N+](=O)[O-])c3)C2=O)ccc1OCC(=O)Nc1ccc(Cl)c(Cl)c1. The summed E-state index contributed by atoms with van der Waals surface area (Å²) in [6, 6.07) is 12.9. The molecule has 0 aromatic heterocycles. The number of non-ortho nitro benzene ring substituents is 1. The van der Waals surface area contributed by atoms with Gasteiger partial charge in [-0.2, -0.15) is 0 Å². The van der Waals surface area contributed by atoms with Gasteiger partial charge in [0.25, 0.3) is 23.4 Å². The van der Waals surface area contributed by atoms with E-state index in [0.717, 1.165) is 6.07 Å². The number of ether oxygens (including phenoxy) is 2. The van der Waals surface area contributed by atoms with E-state index in [1.54, 1.807) is 13.0 Å². The number of nitro benzene ring substituents is 1. The molecule has 1 saturated heterocycles. The highest BCUT2D eigenvalue weighted by Gasteiger charge is 2.37. The number of urea groups is 1. The predicted molar refractivity (Wildman–Crippen MR) is 150 cm³/mol. The number of anilines is 2. The molecule has 0 saturated carbocycles. The first-order valence-electron chi connectivity index (χ1n) is 11.9. The highest BCUT2D eigenvalue weighted by molar-refractivity contribution is 6.42. The summed E-state index contributed by atoms with van der Waals surface area (Å²) in [5, 5.41) is 16.4. The minimum atomic E-state index is -1.05. The zero-order valence-corrected chi connectivity index (χ0v) is 22.7. The van der Waals surface area contributed by atoms with Gasteiger partial charge in [-0.1, -0.05) is 35.3 Å². The Bertz CT molecular complexity index is 1610. The standard InChI is InChI=1S/C27H20Cl2N4O8/c1-2-40-23-11-15(6-9-22(23)41-14-24(34)30-16-7-8-20(28)21(29)12-16)10-19-25(35)31-27(37)32(26(19)36)17-4-3-5-18(13-17)33(38)39/h3-13H,2,14H2,1H3,(H,30,34)(H,31,35,37)/b19-10-. The van der Waals surface area contributed by atoms with Crippen molar-refractivity contribution in [3.8, 4) is 11.5 Å². The van der Waals surface area contributed by atoms with Crippen LogP contribution in [0.15, 0.2) is 66.2 Å². The van der Waals surface area contributed by atoms with Crippen LogP contribution >= 0.6 is 23.2 Å². The molecule has 3 aromatic carbocycles. The molecule has 210 valence electrons. The molecular formula is C27H20Cl2N4O8. The van der Waals surface area contributed by atoms with E-state index in [1.807, 2.05) is 0 Å². The molecule has 41 heavy (non-hydrogen) atoms. The van der Waals surface area contributed by atoms with Gasteiger partial charge in [0.2, 0.25) is 0 Å². The van der Waals surface area contributed by atoms with Gasteiger partial charge >= 0.3 is 6.03 Å². The fourth-order valence-corrected chi connectivity index (χ4v) is 4.02. The van der Waals surface area contributed by atoms with Crippen molar-refractivity contribution in [3.63, 3.8) is 0 Å². The van der Waals surface area contributed by atoms with Crippen molar-refractivity contribution in [2.75, 3.05) is 23.4 Å². The number of nitro groups is 1. The minimum Gasteiger partial charge on any atom is -0.490 e. The molecule has 14 heteroatoms. The van der Waals surface area contributed by atoms with Crippen LogP contribution in [0.2, 0.25) is 10.0 Å². The average molecular weight is 599 g/mol. The van der Waals surface area contributed by atoms with Gasteiger partial charge < -0.3 is 14.8 Å². The second-order valence-corrected chi connectivity index (χ2v) is 9.15. The van der Waals surface area contributed by atoms with Gasteiger partial charge in [0.1, 0.15) is 5.57 Å². The van der Waals surface area contributed by atoms with E-state index in [9.17, 15) is 29.3 Å². The second-order valence-electron chi connectivity index (χ2n) is 8.34. The number of rotatable bonds is 9. The number of halogens is 2. The fourth-order valence-electron chi connectivity index (χ4n) is 3.72. The quantitative estimate of drug-likeness (QED) is 0.151. The van der Waals surface area contributed by atoms with Crippen LogP contribution in [-0.4, -0.2) is 41.9 Å². The third-order valence-electron chi connectivity index (χ3n) is 5.54. The molecule has 1 heterocycles. The number of carbonyl (C=O) groups is 4. The molecule has 0 unspecified atom stereocenters. The summed E-state index contributed by atoms with van der Waals surface area (Å²) in [4.78, 5) is 61.6. The van der Waals surface area contributed by atoms with Crippen LogP contribution in [0, 0.1) is 10.1 Å². The summed E-state index contributed by atoms with van der Waals surface area (Å²) < 4.78 is 11.2. The first-order valence-corrected chi connectivity index (χ1v) is 12.6. The maximum absolute atomic E-state index is 13.2. The van der Waals surface area contributed by atoms with Crippen molar-refractivity contribution in [1.82, 2.24) is 5.32 Å². The zero-order valence-electron chi connectivity index (χ0n) is 21.2. The maximum atomic E-state index is 13.2. The third-order valence-corrected chi connectivity index (χ3v) is 6.28. The van der Waals surface area contributed by atoms with Crippen molar-refractivity contribution in [3.05, 3.63) is 92.0 Å². The number of amides is 5. The highest BCUT2D eigenvalue weighted by atomic mass is 35.5. The van der Waals surface area contributed by atoms with E-state index in [4.69, 9.17) is 32.7 Å². The van der Waals surface area contributed by atoms with Crippen molar-refractivity contribution in [1.29, 1.82) is 0 Å². The van der Waals surface area contributed by atoms with Crippen LogP contribution in [0.3, 0.4) is 0 Å². The van der Waals surface area contributed by atoms with Crippen LogP contribution in [0.25, 0.3) is 6.08 Å². The number of carbonyl (C=O) groups excluding carboxylic acids is 4. The highest BCUT2D eigenvalue weighted by Crippen LogP contribution is 2.31. The molecule has 0 bridgehead atoms. The number of benzene rings is 3. The predicted octanol–water partition coefficient (Wildman–Crippen LogP) is 4.98. The van der Waals surface area contributed by atoms with Gasteiger partial charge in [-0.25, -0.2) is 9.69 Å². The summed E-state index contributed by atoms with van der Waals surface area (Å²) in [7, 11) is 0. The Balaban J connectivity index is 1.54. The van der Waals surface area contributed by atoms with Gasteiger partial charge in [0.15, 0.2) is 18.1 Å². The van der Waals surface area contributed by atoms with Gasteiger partial charge in [-0.3, -0.25) is 29.8 Å². The van der Waals surface area contributed by atoms with E-state index in [0.29, 0.717) is 21.2 Å². The van der Waals surface area contributed by atoms with Gasteiger partial charge in [0.05, 0.1) is 27.3 Å². The number of hydrogen-bond acceptors (Lipinski definition) is 8. The van der Waals surface area contributed by atoms with Crippen molar-refractivity contribution in [2.24, 2.45) is 0 Å². The Kier molecular flexibility index (Phi) is 8.85. The Morgan fingerprint density at radius 2 is 1.80 bits per heavy atom. The lowest BCUT2D eigenvalue weighted by atomic mass is 10.1. The molecule has 1 aliphatic heterocycles. The lowest BCUT2D eigenvalue weighted by Crippen LogP contribution is -2.54. The molecule has 0 spiro atoms. The molecule has 0 radical (unpaired) electrons. The number of hydrogen-bond donors (Lipinski definition) is 2. The lowest BCUT2D eigenvalue weighted by Gasteiger charge is -2.26. The van der Waals surface area contributed by atoms with E-state index < -0.39 is 34.2 Å². The largest absolute Gasteiger partial charge is 0.490 e. The second kappa shape index (κ2) is 12.5. The first-order chi connectivity index (χ1) is 19.6. The molecule has 0 aliphatic carbocycles. The lowest BCUT2D eigenvalue weighted by molar-refractivity contribution is -0.384. The molecule has 1 aliphatic rings. The Labute approximate surface area is 242 Å². The third kappa shape index (κ3) is 6.80. The van der Waals surface area contributed by atoms with Crippen LogP contribution in [0.1, 0.15) is 12.5 Å². The van der Waals surface area contributed by atoms with Crippen molar-refractivity contribution < 1.29 is 33.6 Å². The summed E-state index contributed by atoms with van der Waals surface area (Å²) in [5.41, 5.74) is -0.0553. The number of nitrogens with one attached hydrogen (secondary N) is 2. The minimum absolute atomic E-state index is 0.0852. The molecule has 1 fully saturated rings. The Morgan fingerprint density at radius 3 is 2.51 bits per heavy atom. The van der Waals surface area contributed by atoms with E-state index in [-0.39, 0.29) is 41.1 Å². The summed E-state index contributed by atoms with van der Waals surface area (Å²) in [6.45, 7) is 1.59. The summed E-state index contributed by atoms with van der Waals surface area (Å²) in [6.07, 6.45) is 1.23. The van der Waals surface area contributed by atoms with Gasteiger partial charge in [-0.15, -0.1) is 0 Å².